The standard InChI is InChI=1S/C35H47N3O9S/c1-20-9-7-10-21(2)24(20)17-36-31(40)30-35(3,4)48-19-38(30)32(41)29(39)25(15-22-12-13-26(43-5)27(16-22)44-6)37-34(42)47-28-18-46-33-23(28)11-8-14-45-33/h7,9-10,12-13,16,23,25,28-30,33,39H,8,11,14-15,17-19H2,1-6H3,(H,36,40)(H,37,42)/t23-,25+,28-,29+,30-,33+/m1/s1. The third-order valence-electron chi connectivity index (χ3n) is 9.48. The van der Waals surface area contributed by atoms with E-state index in [2.05, 4.69) is 10.6 Å². The number of nitrogens with zero attached hydrogens (tertiary/aromatic N) is 1. The minimum atomic E-state index is -1.69. The molecule has 0 aromatic heterocycles. The molecule has 0 unspecified atom stereocenters. The van der Waals surface area contributed by atoms with Gasteiger partial charge >= 0.3 is 6.09 Å². The van der Waals surface area contributed by atoms with Crippen LogP contribution < -0.4 is 20.1 Å². The molecular weight excluding hydrogens is 638 g/mol. The van der Waals surface area contributed by atoms with Crippen LogP contribution in [-0.4, -0.2) is 96.6 Å². The van der Waals surface area contributed by atoms with Gasteiger partial charge in [-0.1, -0.05) is 24.3 Å². The maximum absolute atomic E-state index is 14.1. The van der Waals surface area contributed by atoms with Gasteiger partial charge in [0, 0.05) is 23.8 Å². The van der Waals surface area contributed by atoms with Crippen molar-refractivity contribution < 1.29 is 43.2 Å². The fourth-order valence-electron chi connectivity index (χ4n) is 6.73. The van der Waals surface area contributed by atoms with Crippen molar-refractivity contribution in [2.45, 2.75) is 88.8 Å². The summed E-state index contributed by atoms with van der Waals surface area (Å²) >= 11 is 1.45. The van der Waals surface area contributed by atoms with Gasteiger partial charge in [-0.15, -0.1) is 11.8 Å². The number of rotatable bonds is 11. The van der Waals surface area contributed by atoms with E-state index in [0.29, 0.717) is 30.2 Å². The molecule has 6 atom stereocenters. The average molecular weight is 686 g/mol. The second-order valence-electron chi connectivity index (χ2n) is 13.1. The number of amides is 3. The first-order valence-corrected chi connectivity index (χ1v) is 17.3. The number of ether oxygens (including phenoxy) is 5. The van der Waals surface area contributed by atoms with E-state index in [4.69, 9.17) is 23.7 Å². The number of hydrogen-bond donors (Lipinski definition) is 3. The Morgan fingerprint density at radius 1 is 1.08 bits per heavy atom. The SMILES string of the molecule is COc1ccc(C[C@H](NC(=O)O[C@@H]2CO[C@@H]3OCCC[C@@H]32)[C@H](O)C(=O)N2CSC(C)(C)[C@H]2C(=O)NCc2c(C)cccc2C)cc1OC. The number of thioether (sulfide) groups is 1. The molecule has 262 valence electrons. The van der Waals surface area contributed by atoms with Crippen molar-refractivity contribution in [1.82, 2.24) is 15.5 Å². The molecule has 12 nitrogen and oxygen atoms in total. The highest BCUT2D eigenvalue weighted by atomic mass is 32.2. The Hall–Kier alpha value is -3.52. The lowest BCUT2D eigenvalue weighted by molar-refractivity contribution is -0.152. The molecule has 13 heteroatoms. The van der Waals surface area contributed by atoms with Crippen molar-refractivity contribution in [1.29, 1.82) is 0 Å². The van der Waals surface area contributed by atoms with E-state index in [-0.39, 0.29) is 30.7 Å². The Labute approximate surface area is 286 Å². The van der Waals surface area contributed by atoms with Crippen molar-refractivity contribution in [3.8, 4) is 11.5 Å². The molecule has 5 rings (SSSR count). The predicted octanol–water partition coefficient (Wildman–Crippen LogP) is 3.47. The molecule has 3 amide bonds. The molecule has 3 saturated heterocycles. The van der Waals surface area contributed by atoms with Gasteiger partial charge in [-0.25, -0.2) is 4.79 Å². The number of fused-ring (bicyclic) bond motifs is 1. The van der Waals surface area contributed by atoms with Crippen LogP contribution in [0.5, 0.6) is 11.5 Å². The highest BCUT2D eigenvalue weighted by molar-refractivity contribution is 8.00. The molecule has 3 fully saturated rings. The summed E-state index contributed by atoms with van der Waals surface area (Å²) in [6.45, 7) is 8.90. The van der Waals surface area contributed by atoms with Crippen LogP contribution in [0.25, 0.3) is 0 Å². The third kappa shape index (κ3) is 7.85. The van der Waals surface area contributed by atoms with E-state index in [0.717, 1.165) is 29.5 Å². The first kappa shape index (κ1) is 35.8. The molecule has 2 aromatic carbocycles. The number of alkyl carbamates (subject to hydrolysis) is 1. The number of hydrogen-bond acceptors (Lipinski definition) is 10. The van der Waals surface area contributed by atoms with E-state index >= 15 is 0 Å². The first-order valence-electron chi connectivity index (χ1n) is 16.3. The molecule has 3 N–H and O–H groups in total. The summed E-state index contributed by atoms with van der Waals surface area (Å²) < 4.78 is 27.3. The number of aliphatic hydroxyl groups is 1. The van der Waals surface area contributed by atoms with E-state index < -0.39 is 47.3 Å². The second-order valence-corrected chi connectivity index (χ2v) is 14.7. The number of nitrogens with one attached hydrogen (secondary N) is 2. The topological polar surface area (TPSA) is 145 Å². The molecule has 0 aliphatic carbocycles. The number of benzene rings is 2. The number of carbonyl (C=O) groups is 3. The lowest BCUT2D eigenvalue weighted by Gasteiger charge is -2.33. The van der Waals surface area contributed by atoms with Crippen LogP contribution in [0.1, 0.15) is 48.9 Å². The van der Waals surface area contributed by atoms with Crippen molar-refractivity contribution >= 4 is 29.7 Å². The van der Waals surface area contributed by atoms with Gasteiger partial charge < -0.3 is 44.3 Å². The summed E-state index contributed by atoms with van der Waals surface area (Å²) in [5.41, 5.74) is 3.81. The van der Waals surface area contributed by atoms with Crippen LogP contribution in [0, 0.1) is 19.8 Å². The average Bonchev–Trinajstić information content (AvgIpc) is 3.62. The molecule has 3 heterocycles. The fourth-order valence-corrected chi connectivity index (χ4v) is 7.87. The minimum Gasteiger partial charge on any atom is -0.493 e. The molecule has 0 radical (unpaired) electrons. The van der Waals surface area contributed by atoms with Crippen molar-refractivity contribution in [2.24, 2.45) is 5.92 Å². The monoisotopic (exact) mass is 685 g/mol. The molecule has 0 saturated carbocycles. The predicted molar refractivity (Wildman–Crippen MR) is 180 cm³/mol. The van der Waals surface area contributed by atoms with E-state index in [1.165, 1.54) is 30.9 Å². The van der Waals surface area contributed by atoms with Gasteiger partial charge in [0.25, 0.3) is 5.91 Å². The zero-order valence-corrected chi connectivity index (χ0v) is 29.3. The number of aryl methyl sites for hydroxylation is 2. The quantitative estimate of drug-likeness (QED) is 0.322. The number of methoxy groups -OCH3 is 2. The summed E-state index contributed by atoms with van der Waals surface area (Å²) in [6, 6.07) is 9.21. The van der Waals surface area contributed by atoms with Gasteiger partial charge in [0.1, 0.15) is 12.1 Å². The first-order chi connectivity index (χ1) is 22.9. The number of aliphatic hydroxyl groups excluding tert-OH is 1. The van der Waals surface area contributed by atoms with Crippen LogP contribution in [0.15, 0.2) is 36.4 Å². The Kier molecular flexibility index (Phi) is 11.4. The Bertz CT molecular complexity index is 1470. The maximum atomic E-state index is 14.1. The van der Waals surface area contributed by atoms with Crippen LogP contribution in [0.3, 0.4) is 0 Å². The lowest BCUT2D eigenvalue weighted by atomic mass is 9.96. The number of carbonyl (C=O) groups excluding carboxylic acids is 3. The van der Waals surface area contributed by atoms with Gasteiger partial charge in [-0.2, -0.15) is 0 Å². The fraction of sp³-hybridized carbons (Fsp3) is 0.571. The van der Waals surface area contributed by atoms with Gasteiger partial charge in [0.15, 0.2) is 23.9 Å². The largest absolute Gasteiger partial charge is 0.493 e. The zero-order valence-electron chi connectivity index (χ0n) is 28.4. The van der Waals surface area contributed by atoms with Crippen molar-refractivity contribution in [2.75, 3.05) is 33.3 Å². The van der Waals surface area contributed by atoms with Crippen molar-refractivity contribution in [3.05, 3.63) is 58.7 Å². The Morgan fingerprint density at radius 2 is 1.81 bits per heavy atom. The second kappa shape index (κ2) is 15.4. The van der Waals surface area contributed by atoms with Crippen molar-refractivity contribution in [3.63, 3.8) is 0 Å². The lowest BCUT2D eigenvalue weighted by Crippen LogP contribution is -2.58. The molecular formula is C35H47N3O9S. The maximum Gasteiger partial charge on any atom is 0.407 e. The molecule has 3 aliphatic heterocycles. The minimum absolute atomic E-state index is 0.0620. The highest BCUT2D eigenvalue weighted by Gasteiger charge is 2.50. The molecule has 48 heavy (non-hydrogen) atoms. The van der Waals surface area contributed by atoms with E-state index in [1.54, 1.807) is 18.2 Å². The van der Waals surface area contributed by atoms with Gasteiger partial charge in [-0.3, -0.25) is 9.59 Å². The highest BCUT2D eigenvalue weighted by Crippen LogP contribution is 2.40. The summed E-state index contributed by atoms with van der Waals surface area (Å²) in [5, 5.41) is 17.4. The Morgan fingerprint density at radius 3 is 2.52 bits per heavy atom. The van der Waals surface area contributed by atoms with Crippen LogP contribution >= 0.6 is 11.8 Å². The summed E-state index contributed by atoms with van der Waals surface area (Å²) in [7, 11) is 3.04. The smallest absolute Gasteiger partial charge is 0.407 e. The Balaban J connectivity index is 1.34. The molecule has 3 aliphatic rings. The van der Waals surface area contributed by atoms with Gasteiger partial charge in [-0.05, 0) is 81.3 Å². The summed E-state index contributed by atoms with van der Waals surface area (Å²) in [5.74, 6) is 0.0890. The third-order valence-corrected chi connectivity index (χ3v) is 10.9. The summed E-state index contributed by atoms with van der Waals surface area (Å²) in [6.07, 6.45) is -1.72. The van der Waals surface area contributed by atoms with Crippen LogP contribution in [-0.2, 0) is 36.8 Å². The normalized spacial score (nSPS) is 24.3. The van der Waals surface area contributed by atoms with Gasteiger partial charge in [0.2, 0.25) is 5.91 Å². The zero-order chi connectivity index (χ0) is 34.6. The molecule has 0 spiro atoms. The van der Waals surface area contributed by atoms with Crippen LogP contribution in [0.4, 0.5) is 4.79 Å². The van der Waals surface area contributed by atoms with E-state index in [1.807, 2.05) is 45.9 Å². The summed E-state index contributed by atoms with van der Waals surface area (Å²) in [4.78, 5) is 42.6. The van der Waals surface area contributed by atoms with Gasteiger partial charge in [0.05, 0.1) is 32.7 Å². The van der Waals surface area contributed by atoms with Crippen LogP contribution in [0.2, 0.25) is 0 Å². The molecule has 0 bridgehead atoms. The molecule has 2 aromatic rings. The van der Waals surface area contributed by atoms with E-state index in [9.17, 15) is 19.5 Å².